The molecule has 0 aliphatic carbocycles. The van der Waals surface area contributed by atoms with E-state index in [1.165, 1.54) is 45.0 Å². The van der Waals surface area contributed by atoms with E-state index in [4.69, 9.17) is 0 Å². The van der Waals surface area contributed by atoms with Gasteiger partial charge in [-0.25, -0.2) is 0 Å². The van der Waals surface area contributed by atoms with Crippen molar-refractivity contribution in [2.24, 2.45) is 0 Å². The van der Waals surface area contributed by atoms with Gasteiger partial charge in [-0.1, -0.05) is 72.8 Å². The summed E-state index contributed by atoms with van der Waals surface area (Å²) in [5, 5.41) is 13.8. The van der Waals surface area contributed by atoms with Crippen molar-refractivity contribution in [2.45, 2.75) is 27.7 Å². The van der Waals surface area contributed by atoms with E-state index in [2.05, 4.69) is 146 Å². The summed E-state index contributed by atoms with van der Waals surface area (Å²) in [6.45, 7) is 12.2. The number of hydrogen-bond donors (Lipinski definition) is 4. The van der Waals surface area contributed by atoms with Gasteiger partial charge in [0, 0.05) is 48.9 Å². The number of nitrogens with one attached hydrogen (secondary N) is 4. The van der Waals surface area contributed by atoms with E-state index < -0.39 is 0 Å². The lowest BCUT2D eigenvalue weighted by molar-refractivity contribution is 1.07. The molecule has 4 aromatic carbocycles. The van der Waals surface area contributed by atoms with E-state index in [0.29, 0.717) is 0 Å². The second-order valence-electron chi connectivity index (χ2n) is 8.97. The fraction of sp³-hybridized carbons (Fsp3) is 0.250. The molecule has 0 unspecified atom stereocenters. The minimum atomic E-state index is 0.916. The smallest absolute Gasteiger partial charge is 0.0370 e. The first-order valence-electron chi connectivity index (χ1n) is 12.7. The molecule has 0 fully saturated rings. The van der Waals surface area contributed by atoms with Crippen molar-refractivity contribution in [3.8, 4) is 0 Å². The first-order valence-corrected chi connectivity index (χ1v) is 12.7. The molecule has 0 aromatic heterocycles. The number of aryl methyl sites for hydroxylation is 4. The fourth-order valence-corrected chi connectivity index (χ4v) is 3.87. The Morgan fingerprint density at radius 2 is 0.528 bits per heavy atom. The van der Waals surface area contributed by atoms with Crippen molar-refractivity contribution in [3.05, 3.63) is 119 Å². The number of para-hydroxylation sites is 4. The number of rotatable bonds is 10. The van der Waals surface area contributed by atoms with Crippen LogP contribution in [0.2, 0.25) is 0 Å². The van der Waals surface area contributed by atoms with Gasteiger partial charge in [0.15, 0.2) is 0 Å². The molecule has 188 valence electrons. The third kappa shape index (κ3) is 8.70. The van der Waals surface area contributed by atoms with Gasteiger partial charge in [-0.2, -0.15) is 0 Å². The van der Waals surface area contributed by atoms with Crippen molar-refractivity contribution in [1.82, 2.24) is 0 Å². The third-order valence-electron chi connectivity index (χ3n) is 6.09. The Hall–Kier alpha value is -3.92. The van der Waals surface area contributed by atoms with Crippen molar-refractivity contribution in [2.75, 3.05) is 47.4 Å². The molecule has 4 rings (SSSR count). The zero-order valence-electron chi connectivity index (χ0n) is 22.1. The Morgan fingerprint density at radius 1 is 0.333 bits per heavy atom. The quantitative estimate of drug-likeness (QED) is 0.176. The topological polar surface area (TPSA) is 48.1 Å². The molecule has 0 bridgehead atoms. The molecule has 0 saturated carbocycles. The second-order valence-corrected chi connectivity index (χ2v) is 8.97. The molecule has 4 nitrogen and oxygen atoms in total. The van der Waals surface area contributed by atoms with Gasteiger partial charge in [0.2, 0.25) is 0 Å². The average Bonchev–Trinajstić information content (AvgIpc) is 2.89. The largest absolute Gasteiger partial charge is 0.383 e. The van der Waals surface area contributed by atoms with Crippen molar-refractivity contribution < 1.29 is 0 Å². The molecule has 0 saturated heterocycles. The van der Waals surface area contributed by atoms with E-state index in [9.17, 15) is 0 Å². The summed E-state index contributed by atoms with van der Waals surface area (Å²) in [6, 6.07) is 33.4. The molecule has 0 aliphatic rings. The summed E-state index contributed by atoms with van der Waals surface area (Å²) >= 11 is 0. The van der Waals surface area contributed by atoms with Crippen LogP contribution in [0.5, 0.6) is 0 Å². The Balaban J connectivity index is 0.000000201. The minimum absolute atomic E-state index is 0.916. The molecule has 36 heavy (non-hydrogen) atoms. The zero-order valence-corrected chi connectivity index (χ0v) is 22.1. The predicted octanol–water partition coefficient (Wildman–Crippen LogP) is 7.65. The average molecular weight is 481 g/mol. The van der Waals surface area contributed by atoms with Gasteiger partial charge in [0.05, 0.1) is 0 Å². The highest BCUT2D eigenvalue weighted by Gasteiger charge is 1.98. The standard InChI is InChI=1S/2C16H20N2/c2*1-13-7-3-5-9-15(13)17-11-12-18-16-10-6-4-8-14(16)2/h2*3-10,17-18H,11-12H2,1-2H3. The van der Waals surface area contributed by atoms with Crippen molar-refractivity contribution in [3.63, 3.8) is 0 Å². The Morgan fingerprint density at radius 3 is 0.722 bits per heavy atom. The molecule has 0 amide bonds. The molecule has 0 radical (unpaired) electrons. The van der Waals surface area contributed by atoms with Crippen molar-refractivity contribution in [1.29, 1.82) is 0 Å². The van der Waals surface area contributed by atoms with Crippen LogP contribution in [-0.2, 0) is 0 Å². The molecule has 0 atom stereocenters. The van der Waals surface area contributed by atoms with Crippen LogP contribution in [0.25, 0.3) is 0 Å². The van der Waals surface area contributed by atoms with Gasteiger partial charge in [-0.15, -0.1) is 0 Å². The molecule has 0 aliphatic heterocycles. The van der Waals surface area contributed by atoms with Gasteiger partial charge < -0.3 is 21.3 Å². The van der Waals surface area contributed by atoms with Crippen LogP contribution in [0.4, 0.5) is 22.7 Å². The number of hydrogen-bond acceptors (Lipinski definition) is 4. The van der Waals surface area contributed by atoms with Crippen LogP contribution in [0.15, 0.2) is 97.1 Å². The van der Waals surface area contributed by atoms with Crippen LogP contribution < -0.4 is 21.3 Å². The molecule has 4 N–H and O–H groups in total. The Labute approximate surface area is 217 Å². The monoisotopic (exact) mass is 480 g/mol. The van der Waals surface area contributed by atoms with Gasteiger partial charge >= 0.3 is 0 Å². The molecular formula is C32H40N4. The predicted molar refractivity (Wildman–Crippen MR) is 159 cm³/mol. The van der Waals surface area contributed by atoms with Crippen LogP contribution in [-0.4, -0.2) is 26.2 Å². The lowest BCUT2D eigenvalue weighted by Crippen LogP contribution is -2.14. The highest BCUT2D eigenvalue weighted by atomic mass is 15.0. The first kappa shape index (κ1) is 26.7. The third-order valence-corrected chi connectivity index (χ3v) is 6.09. The van der Waals surface area contributed by atoms with Crippen molar-refractivity contribution >= 4 is 22.7 Å². The summed E-state index contributed by atoms with van der Waals surface area (Å²) in [6.07, 6.45) is 0. The minimum Gasteiger partial charge on any atom is -0.383 e. The highest BCUT2D eigenvalue weighted by Crippen LogP contribution is 2.15. The highest BCUT2D eigenvalue weighted by molar-refractivity contribution is 5.53. The van der Waals surface area contributed by atoms with E-state index in [-0.39, 0.29) is 0 Å². The van der Waals surface area contributed by atoms with Crippen LogP contribution >= 0.6 is 0 Å². The number of benzene rings is 4. The molecule has 0 spiro atoms. The molecule has 4 aromatic rings. The van der Waals surface area contributed by atoms with Gasteiger partial charge in [-0.05, 0) is 74.2 Å². The van der Waals surface area contributed by atoms with E-state index >= 15 is 0 Å². The van der Waals surface area contributed by atoms with Crippen LogP contribution in [0.1, 0.15) is 22.3 Å². The van der Waals surface area contributed by atoms with E-state index in [1.807, 2.05) is 0 Å². The van der Waals surface area contributed by atoms with Gasteiger partial charge in [0.1, 0.15) is 0 Å². The second kappa shape index (κ2) is 14.5. The maximum Gasteiger partial charge on any atom is 0.0370 e. The van der Waals surface area contributed by atoms with E-state index in [0.717, 1.165) is 26.2 Å². The molecular weight excluding hydrogens is 440 g/mol. The molecule has 0 heterocycles. The Bertz CT molecular complexity index is 1010. The molecule has 4 heteroatoms. The first-order chi connectivity index (χ1) is 17.5. The fourth-order valence-electron chi connectivity index (χ4n) is 3.87. The van der Waals surface area contributed by atoms with Gasteiger partial charge in [0.25, 0.3) is 0 Å². The summed E-state index contributed by atoms with van der Waals surface area (Å²) in [7, 11) is 0. The lowest BCUT2D eigenvalue weighted by atomic mass is 10.2. The summed E-state index contributed by atoms with van der Waals surface area (Å²) in [4.78, 5) is 0. The zero-order chi connectivity index (χ0) is 25.6. The van der Waals surface area contributed by atoms with Crippen LogP contribution in [0.3, 0.4) is 0 Å². The Kier molecular flexibility index (Phi) is 10.7. The SMILES string of the molecule is Cc1ccccc1NCCNc1ccccc1C.Cc1ccccc1NCCNc1ccccc1C. The summed E-state index contributed by atoms with van der Waals surface area (Å²) < 4.78 is 0. The summed E-state index contributed by atoms with van der Waals surface area (Å²) in [5.41, 5.74) is 9.99. The number of anilines is 4. The summed E-state index contributed by atoms with van der Waals surface area (Å²) in [5.74, 6) is 0. The maximum absolute atomic E-state index is 3.44. The lowest BCUT2D eigenvalue weighted by Gasteiger charge is -2.12. The van der Waals surface area contributed by atoms with Gasteiger partial charge in [-0.3, -0.25) is 0 Å². The maximum atomic E-state index is 3.44. The van der Waals surface area contributed by atoms with Crippen LogP contribution in [0, 0.1) is 27.7 Å². The van der Waals surface area contributed by atoms with E-state index in [1.54, 1.807) is 0 Å². The normalized spacial score (nSPS) is 10.1.